The number of aromatic nitrogens is 2. The molecule has 1 saturated heterocycles. The lowest BCUT2D eigenvalue weighted by molar-refractivity contribution is 0.0951. The van der Waals surface area contributed by atoms with Crippen LogP contribution in [0.5, 0.6) is 0 Å². The van der Waals surface area contributed by atoms with E-state index in [1.165, 1.54) is 11.8 Å². The van der Waals surface area contributed by atoms with Crippen LogP contribution in [-0.2, 0) is 5.75 Å². The van der Waals surface area contributed by atoms with Gasteiger partial charge in [-0.25, -0.2) is 9.97 Å². The molecule has 1 aliphatic carbocycles. The molecule has 9 heteroatoms. The number of carbonyl (C=O) groups is 1. The molecule has 5 rings (SSSR count). The van der Waals surface area contributed by atoms with Crippen molar-refractivity contribution in [1.82, 2.24) is 15.3 Å². The van der Waals surface area contributed by atoms with Crippen LogP contribution in [0.15, 0.2) is 59.8 Å². The quantitative estimate of drug-likeness (QED) is 0.263. The molecule has 0 spiro atoms. The van der Waals surface area contributed by atoms with Crippen molar-refractivity contribution in [2.24, 2.45) is 0 Å². The zero-order chi connectivity index (χ0) is 23.5. The SMILES string of the molecule is O=C(NC1CC1)c1cccc(CSc2nc(Cl)cc(N3CCN(c4cccc(Cl)c4)CC3)n2)c1. The van der Waals surface area contributed by atoms with E-state index in [2.05, 4.69) is 26.2 Å². The number of amides is 1. The van der Waals surface area contributed by atoms with Gasteiger partial charge in [0, 0.05) is 60.3 Å². The summed E-state index contributed by atoms with van der Waals surface area (Å²) in [7, 11) is 0. The topological polar surface area (TPSA) is 61.4 Å². The number of nitrogens with zero attached hydrogens (tertiary/aromatic N) is 4. The molecule has 2 heterocycles. The van der Waals surface area contributed by atoms with Crippen LogP contribution in [0.4, 0.5) is 11.5 Å². The standard InChI is InChI=1S/C25H25Cl2N5OS/c26-19-5-2-6-21(14-19)31-9-11-32(12-10-31)23-15-22(27)29-25(30-23)34-16-17-3-1-4-18(13-17)24(33)28-20-7-8-20/h1-6,13-15,20H,7-12,16H2,(H,28,33). The number of rotatable bonds is 7. The van der Waals surface area contributed by atoms with Gasteiger partial charge in [0.25, 0.3) is 5.91 Å². The molecule has 0 bridgehead atoms. The average molecular weight is 514 g/mol. The molecule has 2 aromatic carbocycles. The van der Waals surface area contributed by atoms with Gasteiger partial charge in [0.05, 0.1) is 0 Å². The number of hydrogen-bond donors (Lipinski definition) is 1. The number of anilines is 2. The van der Waals surface area contributed by atoms with Crippen molar-refractivity contribution in [1.29, 1.82) is 0 Å². The second-order valence-electron chi connectivity index (χ2n) is 8.52. The fraction of sp³-hybridized carbons (Fsp3) is 0.320. The molecule has 0 radical (unpaired) electrons. The molecule has 1 aromatic heterocycles. The van der Waals surface area contributed by atoms with Gasteiger partial charge < -0.3 is 15.1 Å². The van der Waals surface area contributed by atoms with Gasteiger partial charge in [-0.3, -0.25) is 4.79 Å². The van der Waals surface area contributed by atoms with Crippen LogP contribution >= 0.6 is 35.0 Å². The van der Waals surface area contributed by atoms with Crippen molar-refractivity contribution in [2.75, 3.05) is 36.0 Å². The van der Waals surface area contributed by atoms with Crippen molar-refractivity contribution in [3.8, 4) is 0 Å². The van der Waals surface area contributed by atoms with Gasteiger partial charge in [-0.2, -0.15) is 0 Å². The zero-order valence-corrected chi connectivity index (χ0v) is 20.9. The van der Waals surface area contributed by atoms with Crippen molar-refractivity contribution in [2.45, 2.75) is 29.8 Å². The molecule has 3 aromatic rings. The van der Waals surface area contributed by atoms with E-state index >= 15 is 0 Å². The predicted molar refractivity (Wildman–Crippen MR) is 139 cm³/mol. The molecule has 0 atom stereocenters. The first-order chi connectivity index (χ1) is 16.5. The Morgan fingerprint density at radius 2 is 1.74 bits per heavy atom. The van der Waals surface area contributed by atoms with Gasteiger partial charge in [-0.15, -0.1) is 0 Å². The number of benzene rings is 2. The van der Waals surface area contributed by atoms with Crippen LogP contribution in [0.25, 0.3) is 0 Å². The molecular weight excluding hydrogens is 489 g/mol. The predicted octanol–water partition coefficient (Wildman–Crippen LogP) is 5.29. The lowest BCUT2D eigenvalue weighted by Crippen LogP contribution is -2.46. The minimum Gasteiger partial charge on any atom is -0.368 e. The van der Waals surface area contributed by atoms with Gasteiger partial charge >= 0.3 is 0 Å². The number of halogens is 2. The van der Waals surface area contributed by atoms with E-state index < -0.39 is 0 Å². The van der Waals surface area contributed by atoms with Gasteiger partial charge in [0.1, 0.15) is 11.0 Å². The van der Waals surface area contributed by atoms with Crippen molar-refractivity contribution in [3.63, 3.8) is 0 Å². The Morgan fingerprint density at radius 3 is 2.50 bits per heavy atom. The second kappa shape index (κ2) is 10.4. The highest BCUT2D eigenvalue weighted by atomic mass is 35.5. The normalized spacial score (nSPS) is 15.9. The van der Waals surface area contributed by atoms with Crippen LogP contribution in [-0.4, -0.2) is 48.1 Å². The minimum atomic E-state index is -0.00689. The minimum absolute atomic E-state index is 0.00689. The monoisotopic (exact) mass is 513 g/mol. The molecule has 6 nitrogen and oxygen atoms in total. The molecule has 2 fully saturated rings. The largest absolute Gasteiger partial charge is 0.368 e. The summed E-state index contributed by atoms with van der Waals surface area (Å²) in [5.41, 5.74) is 2.88. The van der Waals surface area contributed by atoms with E-state index in [0.29, 0.717) is 27.7 Å². The van der Waals surface area contributed by atoms with E-state index in [1.54, 1.807) is 0 Å². The Hall–Kier alpha value is -2.48. The van der Waals surface area contributed by atoms with Crippen LogP contribution in [0.2, 0.25) is 10.2 Å². The van der Waals surface area contributed by atoms with Gasteiger partial charge in [-0.1, -0.05) is 53.2 Å². The molecular formula is C25H25Cl2N5OS. The van der Waals surface area contributed by atoms with Crippen molar-refractivity contribution >= 4 is 52.4 Å². The summed E-state index contributed by atoms with van der Waals surface area (Å²) >= 11 is 14.0. The molecule has 1 amide bonds. The highest BCUT2D eigenvalue weighted by Crippen LogP contribution is 2.27. The Kier molecular flexibility index (Phi) is 7.13. The van der Waals surface area contributed by atoms with E-state index in [0.717, 1.165) is 61.1 Å². The first-order valence-corrected chi connectivity index (χ1v) is 13.1. The molecule has 176 valence electrons. The third-order valence-electron chi connectivity index (χ3n) is 5.91. The summed E-state index contributed by atoms with van der Waals surface area (Å²) in [6.45, 7) is 3.42. The summed E-state index contributed by atoms with van der Waals surface area (Å²) in [5.74, 6) is 1.49. The number of hydrogen-bond acceptors (Lipinski definition) is 6. The summed E-state index contributed by atoms with van der Waals surface area (Å²) in [4.78, 5) is 26.1. The smallest absolute Gasteiger partial charge is 0.251 e. The van der Waals surface area contributed by atoms with Gasteiger partial charge in [0.2, 0.25) is 0 Å². The lowest BCUT2D eigenvalue weighted by Gasteiger charge is -2.36. The third-order valence-corrected chi connectivity index (χ3v) is 7.25. The number of piperazine rings is 1. The fourth-order valence-corrected chi connectivity index (χ4v) is 5.13. The van der Waals surface area contributed by atoms with Crippen LogP contribution in [0, 0.1) is 0 Å². The maximum atomic E-state index is 12.3. The number of carbonyl (C=O) groups excluding carboxylic acids is 1. The summed E-state index contributed by atoms with van der Waals surface area (Å²) in [5, 5.41) is 4.85. The number of nitrogens with one attached hydrogen (secondary N) is 1. The Balaban J connectivity index is 1.21. The van der Waals surface area contributed by atoms with Crippen molar-refractivity contribution in [3.05, 3.63) is 75.9 Å². The number of thioether (sulfide) groups is 1. The molecule has 1 saturated carbocycles. The first kappa shape index (κ1) is 23.3. The fourth-order valence-electron chi connectivity index (χ4n) is 3.93. The van der Waals surface area contributed by atoms with Crippen LogP contribution in [0.1, 0.15) is 28.8 Å². The highest BCUT2D eigenvalue weighted by Gasteiger charge is 2.24. The van der Waals surface area contributed by atoms with Crippen LogP contribution < -0.4 is 15.1 Å². The van der Waals surface area contributed by atoms with E-state index in [9.17, 15) is 4.79 Å². The van der Waals surface area contributed by atoms with E-state index in [-0.39, 0.29) is 5.91 Å². The zero-order valence-electron chi connectivity index (χ0n) is 18.6. The summed E-state index contributed by atoms with van der Waals surface area (Å²) < 4.78 is 0. The molecule has 0 unspecified atom stereocenters. The highest BCUT2D eigenvalue weighted by molar-refractivity contribution is 7.98. The summed E-state index contributed by atoms with van der Waals surface area (Å²) in [6, 6.07) is 17.8. The van der Waals surface area contributed by atoms with Crippen molar-refractivity contribution < 1.29 is 4.79 Å². The Labute approximate surface area is 213 Å². The Bertz CT molecular complexity index is 1180. The summed E-state index contributed by atoms with van der Waals surface area (Å²) in [6.07, 6.45) is 2.15. The van der Waals surface area contributed by atoms with E-state index in [4.69, 9.17) is 28.2 Å². The van der Waals surface area contributed by atoms with Crippen LogP contribution in [0.3, 0.4) is 0 Å². The molecule has 1 aliphatic heterocycles. The van der Waals surface area contributed by atoms with E-state index in [1.807, 2.05) is 48.5 Å². The van der Waals surface area contributed by atoms with Gasteiger partial charge in [0.15, 0.2) is 5.16 Å². The first-order valence-electron chi connectivity index (χ1n) is 11.4. The maximum absolute atomic E-state index is 12.3. The average Bonchev–Trinajstić information content (AvgIpc) is 3.67. The second-order valence-corrected chi connectivity index (χ2v) is 10.3. The lowest BCUT2D eigenvalue weighted by atomic mass is 10.1. The molecule has 2 aliphatic rings. The third kappa shape index (κ3) is 5.95. The molecule has 34 heavy (non-hydrogen) atoms. The molecule has 1 N–H and O–H groups in total. The maximum Gasteiger partial charge on any atom is 0.251 e. The van der Waals surface area contributed by atoms with Gasteiger partial charge in [-0.05, 0) is 48.7 Å². The Morgan fingerprint density at radius 1 is 0.971 bits per heavy atom.